The third-order valence-electron chi connectivity index (χ3n) is 3.84. The first-order valence-corrected chi connectivity index (χ1v) is 8.12. The molecule has 2 aromatic rings. The Balaban J connectivity index is 2.09. The van der Waals surface area contributed by atoms with Gasteiger partial charge >= 0.3 is 6.03 Å². The topological polar surface area (TPSA) is 113 Å². The second-order valence-corrected chi connectivity index (χ2v) is 6.02. The van der Waals surface area contributed by atoms with Crippen LogP contribution in [0.25, 0.3) is 0 Å². The number of anilines is 2. The number of aryl methyl sites for hydroxylation is 1. The van der Waals surface area contributed by atoms with E-state index in [4.69, 9.17) is 5.73 Å². The molecule has 1 atom stereocenters. The maximum Gasteiger partial charge on any atom is 0.316 e. The van der Waals surface area contributed by atoms with Crippen molar-refractivity contribution in [2.75, 3.05) is 10.6 Å². The molecular weight excluding hydrogens is 332 g/mol. The standard InChI is InChI=1S/C19H22N4O3/c1-11-4-5-15(10-17(11)22-13(3)24)18(25)21-12(2)14-6-8-16(9-7-14)23-19(20)26/h4-10,12H,1-3H3,(H,21,25)(H,22,24)(H3,20,23,26). The summed E-state index contributed by atoms with van der Waals surface area (Å²) in [6.45, 7) is 5.14. The van der Waals surface area contributed by atoms with Crippen molar-refractivity contribution in [1.29, 1.82) is 0 Å². The Morgan fingerprint density at radius 2 is 1.65 bits per heavy atom. The van der Waals surface area contributed by atoms with E-state index in [0.29, 0.717) is 16.9 Å². The van der Waals surface area contributed by atoms with Crippen LogP contribution in [0.3, 0.4) is 0 Å². The second kappa shape index (κ2) is 8.15. The molecule has 4 amide bonds. The first-order chi connectivity index (χ1) is 12.3. The van der Waals surface area contributed by atoms with E-state index in [2.05, 4.69) is 16.0 Å². The Labute approximate surface area is 152 Å². The van der Waals surface area contributed by atoms with E-state index < -0.39 is 6.03 Å². The van der Waals surface area contributed by atoms with E-state index in [1.165, 1.54) is 6.92 Å². The van der Waals surface area contributed by atoms with Gasteiger partial charge in [-0.3, -0.25) is 9.59 Å². The molecule has 2 rings (SSSR count). The van der Waals surface area contributed by atoms with E-state index >= 15 is 0 Å². The van der Waals surface area contributed by atoms with Crippen LogP contribution in [0.5, 0.6) is 0 Å². The van der Waals surface area contributed by atoms with Crippen molar-refractivity contribution < 1.29 is 14.4 Å². The molecule has 0 radical (unpaired) electrons. The van der Waals surface area contributed by atoms with Crippen LogP contribution in [0.4, 0.5) is 16.2 Å². The predicted octanol–water partition coefficient (Wildman–Crippen LogP) is 2.94. The van der Waals surface area contributed by atoms with Crippen LogP contribution >= 0.6 is 0 Å². The Bertz CT molecular complexity index is 831. The third kappa shape index (κ3) is 5.07. The molecule has 7 nitrogen and oxygen atoms in total. The lowest BCUT2D eigenvalue weighted by atomic mass is 10.1. The van der Waals surface area contributed by atoms with E-state index in [1.807, 2.05) is 13.8 Å². The number of rotatable bonds is 5. The zero-order valence-electron chi connectivity index (χ0n) is 14.9. The van der Waals surface area contributed by atoms with Crippen LogP contribution < -0.4 is 21.7 Å². The number of amides is 4. The molecule has 0 heterocycles. The van der Waals surface area contributed by atoms with Gasteiger partial charge in [0.15, 0.2) is 0 Å². The molecule has 2 aromatic carbocycles. The number of hydrogen-bond acceptors (Lipinski definition) is 3. The van der Waals surface area contributed by atoms with Gasteiger partial charge in [0.1, 0.15) is 0 Å². The molecule has 0 aliphatic heterocycles. The lowest BCUT2D eigenvalue weighted by Crippen LogP contribution is -2.27. The highest BCUT2D eigenvalue weighted by molar-refractivity contribution is 5.97. The zero-order chi connectivity index (χ0) is 19.3. The predicted molar refractivity (Wildman–Crippen MR) is 101 cm³/mol. The van der Waals surface area contributed by atoms with Crippen LogP contribution in [0.15, 0.2) is 42.5 Å². The number of nitrogens with one attached hydrogen (secondary N) is 3. The quantitative estimate of drug-likeness (QED) is 0.662. The third-order valence-corrected chi connectivity index (χ3v) is 3.84. The molecule has 26 heavy (non-hydrogen) atoms. The molecule has 5 N–H and O–H groups in total. The average Bonchev–Trinajstić information content (AvgIpc) is 2.56. The van der Waals surface area contributed by atoms with Gasteiger partial charge in [0.05, 0.1) is 6.04 Å². The van der Waals surface area contributed by atoms with Gasteiger partial charge in [-0.05, 0) is 49.2 Å². The number of hydrogen-bond donors (Lipinski definition) is 4. The molecule has 0 aromatic heterocycles. The Hall–Kier alpha value is -3.35. The van der Waals surface area contributed by atoms with Gasteiger partial charge in [-0.1, -0.05) is 18.2 Å². The van der Waals surface area contributed by atoms with Crippen LogP contribution in [0.2, 0.25) is 0 Å². The molecule has 0 spiro atoms. The SMILES string of the molecule is CC(=O)Nc1cc(C(=O)NC(C)c2ccc(NC(N)=O)cc2)ccc1C. The molecular formula is C19H22N4O3. The molecule has 1 unspecified atom stereocenters. The molecule has 0 aliphatic rings. The summed E-state index contributed by atoms with van der Waals surface area (Å²) in [5.74, 6) is -0.438. The summed E-state index contributed by atoms with van der Waals surface area (Å²) in [5.41, 5.74) is 8.48. The summed E-state index contributed by atoms with van der Waals surface area (Å²) >= 11 is 0. The fourth-order valence-corrected chi connectivity index (χ4v) is 2.45. The average molecular weight is 354 g/mol. The largest absolute Gasteiger partial charge is 0.351 e. The van der Waals surface area contributed by atoms with Gasteiger partial charge in [0.25, 0.3) is 5.91 Å². The Morgan fingerprint density at radius 1 is 1.00 bits per heavy atom. The van der Waals surface area contributed by atoms with Crippen molar-refractivity contribution in [3.63, 3.8) is 0 Å². The number of carbonyl (C=O) groups is 3. The monoisotopic (exact) mass is 354 g/mol. The summed E-state index contributed by atoms with van der Waals surface area (Å²) in [6, 6.07) is 11.3. The van der Waals surface area contributed by atoms with Gasteiger partial charge in [0.2, 0.25) is 5.91 Å². The van der Waals surface area contributed by atoms with Crippen LogP contribution in [0.1, 0.15) is 41.4 Å². The van der Waals surface area contributed by atoms with Crippen molar-refractivity contribution in [3.05, 3.63) is 59.2 Å². The van der Waals surface area contributed by atoms with Crippen molar-refractivity contribution in [2.24, 2.45) is 5.73 Å². The molecule has 0 saturated heterocycles. The summed E-state index contributed by atoms with van der Waals surface area (Å²) in [7, 11) is 0. The van der Waals surface area contributed by atoms with E-state index in [0.717, 1.165) is 11.1 Å². The molecule has 0 aliphatic carbocycles. The maximum absolute atomic E-state index is 12.5. The first kappa shape index (κ1) is 19.0. The van der Waals surface area contributed by atoms with Gasteiger partial charge in [-0.15, -0.1) is 0 Å². The van der Waals surface area contributed by atoms with Gasteiger partial charge in [-0.2, -0.15) is 0 Å². The second-order valence-electron chi connectivity index (χ2n) is 6.02. The summed E-state index contributed by atoms with van der Waals surface area (Å²) < 4.78 is 0. The van der Waals surface area contributed by atoms with Gasteiger partial charge in [0, 0.05) is 23.9 Å². The molecule has 0 bridgehead atoms. The van der Waals surface area contributed by atoms with Gasteiger partial charge < -0.3 is 21.7 Å². The first-order valence-electron chi connectivity index (χ1n) is 8.12. The number of nitrogens with two attached hydrogens (primary N) is 1. The zero-order valence-corrected chi connectivity index (χ0v) is 14.9. The highest BCUT2D eigenvalue weighted by Gasteiger charge is 2.13. The van der Waals surface area contributed by atoms with Crippen LogP contribution in [-0.4, -0.2) is 17.8 Å². The van der Waals surface area contributed by atoms with E-state index in [9.17, 15) is 14.4 Å². The lowest BCUT2D eigenvalue weighted by molar-refractivity contribution is -0.114. The minimum atomic E-state index is -0.631. The maximum atomic E-state index is 12.5. The Kier molecular flexibility index (Phi) is 5.95. The number of carbonyl (C=O) groups excluding carboxylic acids is 3. The molecule has 7 heteroatoms. The summed E-state index contributed by atoms with van der Waals surface area (Å²) in [5, 5.41) is 8.10. The Morgan fingerprint density at radius 3 is 2.23 bits per heavy atom. The van der Waals surface area contributed by atoms with E-state index in [-0.39, 0.29) is 17.9 Å². The smallest absolute Gasteiger partial charge is 0.316 e. The summed E-state index contributed by atoms with van der Waals surface area (Å²) in [6.07, 6.45) is 0. The normalized spacial score (nSPS) is 11.3. The highest BCUT2D eigenvalue weighted by atomic mass is 16.2. The number of benzene rings is 2. The van der Waals surface area contributed by atoms with Crippen molar-refractivity contribution in [1.82, 2.24) is 5.32 Å². The van der Waals surface area contributed by atoms with Crippen LogP contribution in [0, 0.1) is 6.92 Å². The molecule has 0 saturated carbocycles. The van der Waals surface area contributed by atoms with Crippen molar-refractivity contribution in [3.8, 4) is 0 Å². The fraction of sp³-hybridized carbons (Fsp3) is 0.211. The lowest BCUT2D eigenvalue weighted by Gasteiger charge is -2.16. The molecule has 136 valence electrons. The fourth-order valence-electron chi connectivity index (χ4n) is 2.45. The van der Waals surface area contributed by atoms with Crippen LogP contribution in [-0.2, 0) is 4.79 Å². The number of primary amides is 1. The van der Waals surface area contributed by atoms with Crippen molar-refractivity contribution >= 4 is 29.2 Å². The van der Waals surface area contributed by atoms with Crippen molar-refractivity contribution in [2.45, 2.75) is 26.8 Å². The van der Waals surface area contributed by atoms with Gasteiger partial charge in [-0.25, -0.2) is 4.79 Å². The minimum absolute atomic E-state index is 0.191. The highest BCUT2D eigenvalue weighted by Crippen LogP contribution is 2.19. The minimum Gasteiger partial charge on any atom is -0.351 e. The van der Waals surface area contributed by atoms with E-state index in [1.54, 1.807) is 42.5 Å². The molecule has 0 fully saturated rings. The number of urea groups is 1. The summed E-state index contributed by atoms with van der Waals surface area (Å²) in [4.78, 5) is 34.6.